The van der Waals surface area contributed by atoms with Gasteiger partial charge in [-0.25, -0.2) is 0 Å². The molecule has 0 saturated heterocycles. The molecule has 4 nitrogen and oxygen atoms in total. The Morgan fingerprint density at radius 2 is 1.00 bits per heavy atom. The number of hydrogen-bond acceptors (Lipinski definition) is 4. The zero-order chi connectivity index (χ0) is 22.9. The van der Waals surface area contributed by atoms with Gasteiger partial charge in [0.1, 0.15) is 0 Å². The van der Waals surface area contributed by atoms with E-state index >= 15 is 0 Å². The number of hydrogen-bond donors (Lipinski definition) is 2. The number of phenolic OH excluding ortho intramolecular Hbond substituents is 2. The van der Waals surface area contributed by atoms with Crippen molar-refractivity contribution in [3.05, 3.63) is 46.5 Å². The molecular weight excluding hydrogens is 388 g/mol. The van der Waals surface area contributed by atoms with Crippen molar-refractivity contribution in [3.63, 3.8) is 0 Å². The molecule has 0 bridgehead atoms. The Hall–Kier alpha value is -2.36. The molecule has 2 aliphatic carbocycles. The monoisotopic (exact) mass is 424 g/mol. The van der Waals surface area contributed by atoms with E-state index in [9.17, 15) is 10.2 Å². The Morgan fingerprint density at radius 1 is 0.645 bits per heavy atom. The fraction of sp³-hybridized carbons (Fsp3) is 0.556. The molecule has 2 N–H and O–H groups in total. The Bertz CT molecular complexity index is 947. The van der Waals surface area contributed by atoms with Gasteiger partial charge in [0.25, 0.3) is 0 Å². The summed E-state index contributed by atoms with van der Waals surface area (Å²) >= 11 is 0. The first-order valence-electron chi connectivity index (χ1n) is 11.4. The molecule has 0 unspecified atom stereocenters. The molecule has 2 aliphatic rings. The largest absolute Gasteiger partial charge is 0.504 e. The van der Waals surface area contributed by atoms with Crippen LogP contribution in [0, 0.1) is 0 Å². The third-order valence-corrected chi connectivity index (χ3v) is 6.90. The molecule has 0 saturated carbocycles. The van der Waals surface area contributed by atoms with E-state index in [0.29, 0.717) is 11.5 Å². The van der Waals surface area contributed by atoms with E-state index in [0.717, 1.165) is 24.0 Å². The van der Waals surface area contributed by atoms with Gasteiger partial charge in [-0.15, -0.1) is 0 Å². The van der Waals surface area contributed by atoms with E-state index in [4.69, 9.17) is 9.47 Å². The Balaban J connectivity index is 1.94. The Morgan fingerprint density at radius 3 is 1.32 bits per heavy atom. The SMILES string of the molecule is CC(C)Oc1cc2c(cc1O)C1(CC2(C)C)CC(C)(C)c2cc(OC(C)C)c(O)cc21. The minimum Gasteiger partial charge on any atom is -0.504 e. The normalized spacial score (nSPS) is 19.7. The van der Waals surface area contributed by atoms with Crippen molar-refractivity contribution in [2.24, 2.45) is 0 Å². The van der Waals surface area contributed by atoms with Gasteiger partial charge in [0.15, 0.2) is 23.0 Å². The van der Waals surface area contributed by atoms with Gasteiger partial charge < -0.3 is 19.7 Å². The van der Waals surface area contributed by atoms with Gasteiger partial charge >= 0.3 is 0 Å². The third-order valence-electron chi connectivity index (χ3n) is 6.90. The van der Waals surface area contributed by atoms with Crippen LogP contribution in [0.25, 0.3) is 0 Å². The first-order valence-corrected chi connectivity index (χ1v) is 11.4. The number of fused-ring (bicyclic) bond motifs is 4. The number of aromatic hydroxyl groups is 2. The minimum atomic E-state index is -0.265. The highest BCUT2D eigenvalue weighted by molar-refractivity contribution is 5.65. The smallest absolute Gasteiger partial charge is 0.161 e. The van der Waals surface area contributed by atoms with Gasteiger partial charge in [-0.3, -0.25) is 0 Å². The van der Waals surface area contributed by atoms with Gasteiger partial charge in [-0.05, 0) is 97.9 Å². The third kappa shape index (κ3) is 3.35. The second-order valence-electron chi connectivity index (χ2n) is 11.3. The van der Waals surface area contributed by atoms with Crippen LogP contribution in [-0.4, -0.2) is 22.4 Å². The molecule has 0 aromatic heterocycles. The molecule has 168 valence electrons. The lowest BCUT2D eigenvalue weighted by molar-refractivity contribution is 0.231. The van der Waals surface area contributed by atoms with Crippen LogP contribution in [0.5, 0.6) is 23.0 Å². The van der Waals surface area contributed by atoms with E-state index in [2.05, 4.69) is 27.7 Å². The first kappa shape index (κ1) is 21.9. The highest BCUT2D eigenvalue weighted by atomic mass is 16.5. The van der Waals surface area contributed by atoms with Crippen LogP contribution in [0.1, 0.15) is 90.5 Å². The predicted octanol–water partition coefficient (Wildman–Crippen LogP) is 6.32. The average molecular weight is 425 g/mol. The molecule has 0 heterocycles. The number of rotatable bonds is 4. The minimum absolute atomic E-state index is 0.00936. The van der Waals surface area contributed by atoms with Gasteiger partial charge in [-0.2, -0.15) is 0 Å². The lowest BCUT2D eigenvalue weighted by atomic mass is 9.72. The summed E-state index contributed by atoms with van der Waals surface area (Å²) < 4.78 is 11.8. The van der Waals surface area contributed by atoms with Crippen LogP contribution in [-0.2, 0) is 16.2 Å². The fourth-order valence-electron chi connectivity index (χ4n) is 6.03. The molecule has 2 aromatic rings. The van der Waals surface area contributed by atoms with E-state index in [1.165, 1.54) is 11.1 Å². The van der Waals surface area contributed by atoms with E-state index in [1.54, 1.807) is 0 Å². The van der Waals surface area contributed by atoms with Crippen molar-refractivity contribution in [1.82, 2.24) is 0 Å². The van der Waals surface area contributed by atoms with Crippen molar-refractivity contribution >= 4 is 0 Å². The molecular formula is C27H36O4. The van der Waals surface area contributed by atoms with Crippen molar-refractivity contribution < 1.29 is 19.7 Å². The van der Waals surface area contributed by atoms with Gasteiger partial charge in [0, 0.05) is 5.41 Å². The average Bonchev–Trinajstić information content (AvgIpc) is 2.95. The van der Waals surface area contributed by atoms with Crippen LogP contribution >= 0.6 is 0 Å². The molecule has 0 aliphatic heterocycles. The Kier molecular flexibility index (Phi) is 4.81. The van der Waals surface area contributed by atoms with Crippen molar-refractivity contribution in [1.29, 1.82) is 0 Å². The molecule has 0 amide bonds. The van der Waals surface area contributed by atoms with E-state index in [-0.39, 0.29) is 40.0 Å². The number of ether oxygens (including phenoxy) is 2. The van der Waals surface area contributed by atoms with Crippen molar-refractivity contribution in [3.8, 4) is 23.0 Å². The maximum atomic E-state index is 10.8. The van der Waals surface area contributed by atoms with Crippen molar-refractivity contribution in [2.75, 3.05) is 0 Å². The summed E-state index contributed by atoms with van der Waals surface area (Å²) in [6.45, 7) is 16.9. The van der Waals surface area contributed by atoms with E-state index in [1.807, 2.05) is 52.0 Å². The zero-order valence-corrected chi connectivity index (χ0v) is 20.1. The predicted molar refractivity (Wildman–Crippen MR) is 124 cm³/mol. The molecule has 0 radical (unpaired) electrons. The Labute approximate surface area is 186 Å². The summed E-state index contributed by atoms with van der Waals surface area (Å²) in [6.07, 6.45) is 1.81. The molecule has 4 rings (SSSR count). The van der Waals surface area contributed by atoms with Gasteiger partial charge in [0.05, 0.1) is 12.2 Å². The lowest BCUT2D eigenvalue weighted by Crippen LogP contribution is -2.26. The highest BCUT2D eigenvalue weighted by Gasteiger charge is 2.57. The summed E-state index contributed by atoms with van der Waals surface area (Å²) in [5.41, 5.74) is 4.29. The van der Waals surface area contributed by atoms with Crippen LogP contribution in [0.4, 0.5) is 0 Å². The number of benzene rings is 2. The summed E-state index contributed by atoms with van der Waals surface area (Å²) in [7, 11) is 0. The number of phenols is 2. The second-order valence-corrected chi connectivity index (χ2v) is 11.3. The maximum Gasteiger partial charge on any atom is 0.161 e. The highest BCUT2D eigenvalue weighted by Crippen LogP contribution is 2.64. The molecule has 0 atom stereocenters. The molecule has 31 heavy (non-hydrogen) atoms. The quantitative estimate of drug-likeness (QED) is 0.603. The van der Waals surface area contributed by atoms with E-state index < -0.39 is 0 Å². The molecule has 2 aromatic carbocycles. The summed E-state index contributed by atoms with van der Waals surface area (Å²) in [5.74, 6) is 1.44. The summed E-state index contributed by atoms with van der Waals surface area (Å²) in [5, 5.41) is 21.6. The van der Waals surface area contributed by atoms with Crippen LogP contribution in [0.15, 0.2) is 24.3 Å². The van der Waals surface area contributed by atoms with Crippen LogP contribution in [0.2, 0.25) is 0 Å². The maximum absolute atomic E-state index is 10.8. The van der Waals surface area contributed by atoms with Crippen molar-refractivity contribution in [2.45, 2.75) is 96.7 Å². The summed E-state index contributed by atoms with van der Waals surface area (Å²) in [4.78, 5) is 0. The molecule has 1 spiro atoms. The second kappa shape index (κ2) is 6.82. The summed E-state index contributed by atoms with van der Waals surface area (Å²) in [6, 6.07) is 7.87. The van der Waals surface area contributed by atoms with Crippen LogP contribution < -0.4 is 9.47 Å². The zero-order valence-electron chi connectivity index (χ0n) is 20.1. The van der Waals surface area contributed by atoms with Gasteiger partial charge in [-0.1, -0.05) is 27.7 Å². The fourth-order valence-corrected chi connectivity index (χ4v) is 6.03. The topological polar surface area (TPSA) is 58.9 Å². The standard InChI is InChI=1S/C27H36O4/c1-15(2)30-23-11-17-19(9-21(23)28)27(13-25(17,5)6)14-26(7,8)18-12-24(31-16(3)4)22(29)10-20(18)27/h9-12,15-16,28-29H,13-14H2,1-8H3. The molecule has 4 heteroatoms. The van der Waals surface area contributed by atoms with Gasteiger partial charge in [0.2, 0.25) is 0 Å². The lowest BCUT2D eigenvalue weighted by Gasteiger charge is -2.30. The van der Waals surface area contributed by atoms with Crippen LogP contribution in [0.3, 0.4) is 0 Å². The molecule has 0 fully saturated rings. The first-order chi connectivity index (χ1) is 14.3.